The zero-order valence-electron chi connectivity index (χ0n) is 12.9. The van der Waals surface area contributed by atoms with Gasteiger partial charge in [-0.15, -0.1) is 24.0 Å². The summed E-state index contributed by atoms with van der Waals surface area (Å²) in [7, 11) is 1.80. The molecule has 0 aromatic heterocycles. The molecule has 1 aliphatic rings. The Morgan fingerprint density at radius 3 is 2.90 bits per heavy atom. The van der Waals surface area contributed by atoms with E-state index in [1.165, 1.54) is 17.5 Å². The van der Waals surface area contributed by atoms with Crippen molar-refractivity contribution in [3.05, 3.63) is 35.4 Å². The molecule has 0 spiro atoms. The van der Waals surface area contributed by atoms with Crippen molar-refractivity contribution in [1.29, 1.82) is 0 Å². The van der Waals surface area contributed by atoms with Crippen molar-refractivity contribution >= 4 is 29.9 Å². The molecule has 0 aliphatic carbocycles. The van der Waals surface area contributed by atoms with Gasteiger partial charge in [0.2, 0.25) is 0 Å². The normalized spacial score (nSPS) is 18.2. The molecule has 118 valence electrons. The average Bonchev–Trinajstić information content (AvgIpc) is 2.96. The van der Waals surface area contributed by atoms with Gasteiger partial charge in [-0.2, -0.15) is 0 Å². The van der Waals surface area contributed by atoms with E-state index in [1.807, 2.05) is 0 Å². The zero-order valence-corrected chi connectivity index (χ0v) is 15.2. The number of nitrogens with zero attached hydrogens (tertiary/aromatic N) is 1. The summed E-state index contributed by atoms with van der Waals surface area (Å²) in [5.74, 6) is 0.855. The number of hydrogen-bond donors (Lipinski definition) is 2. The summed E-state index contributed by atoms with van der Waals surface area (Å²) in [5, 5.41) is 6.67. The number of ether oxygens (including phenoxy) is 1. The molecule has 2 rings (SSSR count). The number of guanidine groups is 1. The maximum absolute atomic E-state index is 5.59. The van der Waals surface area contributed by atoms with Crippen LogP contribution in [0.2, 0.25) is 0 Å². The molecule has 2 N–H and O–H groups in total. The minimum absolute atomic E-state index is 0. The topological polar surface area (TPSA) is 45.7 Å². The maximum atomic E-state index is 5.59. The second kappa shape index (κ2) is 10.00. The number of rotatable bonds is 5. The van der Waals surface area contributed by atoms with Gasteiger partial charge in [0.05, 0.1) is 6.10 Å². The van der Waals surface area contributed by atoms with Crippen LogP contribution in [0.15, 0.2) is 29.3 Å². The molecule has 1 aromatic rings. The van der Waals surface area contributed by atoms with Crippen molar-refractivity contribution in [2.24, 2.45) is 4.99 Å². The summed E-state index contributed by atoms with van der Waals surface area (Å²) in [6.45, 7) is 4.74. The molecule has 1 saturated heterocycles. The van der Waals surface area contributed by atoms with Gasteiger partial charge in [-0.25, -0.2) is 0 Å². The fourth-order valence-corrected chi connectivity index (χ4v) is 2.43. The minimum Gasteiger partial charge on any atom is -0.376 e. The third kappa shape index (κ3) is 6.65. The molecule has 1 heterocycles. The van der Waals surface area contributed by atoms with E-state index in [9.17, 15) is 0 Å². The molecule has 0 radical (unpaired) electrons. The minimum atomic E-state index is 0. The molecule has 1 aromatic carbocycles. The van der Waals surface area contributed by atoms with Crippen LogP contribution in [0.1, 0.15) is 24.0 Å². The molecule has 0 amide bonds. The van der Waals surface area contributed by atoms with E-state index >= 15 is 0 Å². The van der Waals surface area contributed by atoms with Crippen LogP contribution in [0.5, 0.6) is 0 Å². The average molecular weight is 403 g/mol. The van der Waals surface area contributed by atoms with Gasteiger partial charge in [-0.05, 0) is 31.7 Å². The van der Waals surface area contributed by atoms with Crippen LogP contribution < -0.4 is 10.6 Å². The fourth-order valence-electron chi connectivity index (χ4n) is 2.43. The number of nitrogens with one attached hydrogen (secondary N) is 2. The summed E-state index contributed by atoms with van der Waals surface area (Å²) in [5.41, 5.74) is 2.66. The van der Waals surface area contributed by atoms with E-state index in [2.05, 4.69) is 46.8 Å². The lowest BCUT2D eigenvalue weighted by atomic mass is 10.1. The third-order valence-electron chi connectivity index (χ3n) is 3.53. The highest BCUT2D eigenvalue weighted by atomic mass is 127. The lowest BCUT2D eigenvalue weighted by molar-refractivity contribution is 0.114. The Labute approximate surface area is 144 Å². The second-order valence-corrected chi connectivity index (χ2v) is 5.25. The Morgan fingerprint density at radius 1 is 1.38 bits per heavy atom. The number of benzene rings is 1. The highest BCUT2D eigenvalue weighted by molar-refractivity contribution is 14.0. The first-order valence-electron chi connectivity index (χ1n) is 7.39. The van der Waals surface area contributed by atoms with E-state index in [4.69, 9.17) is 4.74 Å². The largest absolute Gasteiger partial charge is 0.376 e. The van der Waals surface area contributed by atoms with Crippen molar-refractivity contribution in [2.45, 2.75) is 32.3 Å². The van der Waals surface area contributed by atoms with Crippen molar-refractivity contribution in [3.8, 4) is 0 Å². The van der Waals surface area contributed by atoms with Gasteiger partial charge in [0, 0.05) is 26.7 Å². The molecule has 1 aliphatic heterocycles. The second-order valence-electron chi connectivity index (χ2n) is 5.25. The van der Waals surface area contributed by atoms with Crippen LogP contribution in [0.25, 0.3) is 0 Å². The van der Waals surface area contributed by atoms with Crippen molar-refractivity contribution in [1.82, 2.24) is 10.6 Å². The summed E-state index contributed by atoms with van der Waals surface area (Å²) >= 11 is 0. The van der Waals surface area contributed by atoms with Gasteiger partial charge < -0.3 is 15.4 Å². The van der Waals surface area contributed by atoms with Crippen molar-refractivity contribution in [2.75, 3.05) is 26.7 Å². The predicted molar refractivity (Wildman–Crippen MR) is 98.6 cm³/mol. The molecule has 0 bridgehead atoms. The highest BCUT2D eigenvalue weighted by Gasteiger charge is 2.15. The van der Waals surface area contributed by atoms with Crippen molar-refractivity contribution in [3.63, 3.8) is 0 Å². The molecule has 1 atom stereocenters. The lowest BCUT2D eigenvalue weighted by Gasteiger charge is -2.15. The number of hydrogen-bond acceptors (Lipinski definition) is 2. The molecular weight excluding hydrogens is 377 g/mol. The first-order valence-corrected chi connectivity index (χ1v) is 7.39. The quantitative estimate of drug-likeness (QED) is 0.451. The molecule has 5 heteroatoms. The Hall–Kier alpha value is -0.820. The molecule has 0 saturated carbocycles. The van der Waals surface area contributed by atoms with Crippen LogP contribution in [-0.4, -0.2) is 38.8 Å². The van der Waals surface area contributed by atoms with Crippen LogP contribution in [0.3, 0.4) is 0 Å². The molecule has 1 unspecified atom stereocenters. The Balaban J connectivity index is 0.00000220. The predicted octanol–water partition coefficient (Wildman–Crippen LogP) is 2.50. The number of aryl methyl sites for hydroxylation is 1. The van der Waals surface area contributed by atoms with E-state index in [0.717, 1.165) is 38.5 Å². The summed E-state index contributed by atoms with van der Waals surface area (Å²) in [6.07, 6.45) is 3.66. The smallest absolute Gasteiger partial charge is 0.191 e. The highest BCUT2D eigenvalue weighted by Crippen LogP contribution is 2.10. The first kappa shape index (κ1) is 18.2. The van der Waals surface area contributed by atoms with Gasteiger partial charge in [-0.3, -0.25) is 4.99 Å². The van der Waals surface area contributed by atoms with Gasteiger partial charge in [0.15, 0.2) is 5.96 Å². The van der Waals surface area contributed by atoms with Gasteiger partial charge >= 0.3 is 0 Å². The van der Waals surface area contributed by atoms with Crippen molar-refractivity contribution < 1.29 is 4.74 Å². The SMILES string of the molecule is CN=C(NCCc1cccc(C)c1)NCC1CCCO1.I. The molecule has 1 fully saturated rings. The van der Waals surface area contributed by atoms with Crippen LogP contribution in [0.4, 0.5) is 0 Å². The summed E-state index contributed by atoms with van der Waals surface area (Å²) in [6, 6.07) is 8.62. The summed E-state index contributed by atoms with van der Waals surface area (Å²) in [4.78, 5) is 4.24. The fraction of sp³-hybridized carbons (Fsp3) is 0.562. The molecular formula is C16H26IN3O. The monoisotopic (exact) mass is 403 g/mol. The standard InChI is InChI=1S/C16H25N3O.HI/c1-13-5-3-6-14(11-13)8-9-18-16(17-2)19-12-15-7-4-10-20-15;/h3,5-6,11,15H,4,7-10,12H2,1-2H3,(H2,17,18,19);1H. The van der Waals surface area contributed by atoms with E-state index in [1.54, 1.807) is 7.05 Å². The zero-order chi connectivity index (χ0) is 14.2. The van der Waals surface area contributed by atoms with E-state index in [-0.39, 0.29) is 24.0 Å². The maximum Gasteiger partial charge on any atom is 0.191 e. The van der Waals surface area contributed by atoms with Crippen LogP contribution in [-0.2, 0) is 11.2 Å². The van der Waals surface area contributed by atoms with E-state index in [0.29, 0.717) is 6.10 Å². The Bertz CT molecular complexity index is 445. The Morgan fingerprint density at radius 2 is 2.24 bits per heavy atom. The molecule has 21 heavy (non-hydrogen) atoms. The van der Waals surface area contributed by atoms with Gasteiger partial charge in [0.1, 0.15) is 0 Å². The van der Waals surface area contributed by atoms with E-state index < -0.39 is 0 Å². The number of aliphatic imine (C=N–C) groups is 1. The van der Waals surface area contributed by atoms with Gasteiger partial charge in [-0.1, -0.05) is 29.8 Å². The third-order valence-corrected chi connectivity index (χ3v) is 3.53. The Kier molecular flexibility index (Phi) is 8.68. The number of halogens is 1. The molecule has 4 nitrogen and oxygen atoms in total. The van der Waals surface area contributed by atoms with Crippen LogP contribution >= 0.6 is 24.0 Å². The lowest BCUT2D eigenvalue weighted by Crippen LogP contribution is -2.41. The van der Waals surface area contributed by atoms with Crippen LogP contribution in [0, 0.1) is 6.92 Å². The first-order chi connectivity index (χ1) is 9.78. The summed E-state index contributed by atoms with van der Waals surface area (Å²) < 4.78 is 5.59. The van der Waals surface area contributed by atoms with Gasteiger partial charge in [0.25, 0.3) is 0 Å².